The summed E-state index contributed by atoms with van der Waals surface area (Å²) in [7, 11) is 0. The molecule has 1 aliphatic carbocycles. The highest BCUT2D eigenvalue weighted by Gasteiger charge is 2.61. The Balaban J connectivity index is 2.01. The Labute approximate surface area is 106 Å². The van der Waals surface area contributed by atoms with Crippen LogP contribution in [0.4, 0.5) is 0 Å². The fourth-order valence-corrected chi connectivity index (χ4v) is 2.77. The molecule has 90 valence electrons. The Morgan fingerprint density at radius 2 is 1.56 bits per heavy atom. The summed E-state index contributed by atoms with van der Waals surface area (Å²) < 4.78 is 0. The number of benzene rings is 2. The standard InChI is InChI=1S/C16H14O2/c17-15(18)16(13-9-5-2-6-10-13)11-14(16)12-7-3-1-4-8-12/h1-10,14H,11H2,(H,17,18)/t14-,16+/m1/s1. The van der Waals surface area contributed by atoms with E-state index in [9.17, 15) is 9.90 Å². The zero-order valence-electron chi connectivity index (χ0n) is 9.91. The molecule has 3 rings (SSSR count). The van der Waals surface area contributed by atoms with Crippen molar-refractivity contribution in [1.82, 2.24) is 0 Å². The van der Waals surface area contributed by atoms with E-state index in [1.165, 1.54) is 0 Å². The number of carboxylic acid groups (broad SMARTS) is 1. The molecular weight excluding hydrogens is 224 g/mol. The van der Waals surface area contributed by atoms with E-state index in [1.807, 2.05) is 60.7 Å². The van der Waals surface area contributed by atoms with E-state index in [4.69, 9.17) is 0 Å². The fourth-order valence-electron chi connectivity index (χ4n) is 2.77. The molecule has 0 aliphatic heterocycles. The Morgan fingerprint density at radius 1 is 1.00 bits per heavy atom. The summed E-state index contributed by atoms with van der Waals surface area (Å²) in [6, 6.07) is 19.5. The normalized spacial score (nSPS) is 25.7. The fraction of sp³-hybridized carbons (Fsp3) is 0.188. The van der Waals surface area contributed by atoms with Crippen LogP contribution in [0.3, 0.4) is 0 Å². The highest BCUT2D eigenvalue weighted by atomic mass is 16.4. The first-order valence-electron chi connectivity index (χ1n) is 6.09. The summed E-state index contributed by atoms with van der Waals surface area (Å²) in [6.45, 7) is 0. The van der Waals surface area contributed by atoms with Crippen molar-refractivity contribution in [2.24, 2.45) is 0 Å². The summed E-state index contributed by atoms with van der Waals surface area (Å²) in [5, 5.41) is 9.59. The van der Waals surface area contributed by atoms with Crippen LogP contribution in [-0.2, 0) is 10.2 Å². The van der Waals surface area contributed by atoms with Gasteiger partial charge in [-0.1, -0.05) is 60.7 Å². The maximum absolute atomic E-state index is 11.7. The van der Waals surface area contributed by atoms with Gasteiger partial charge in [-0.15, -0.1) is 0 Å². The summed E-state index contributed by atoms with van der Waals surface area (Å²) in [4.78, 5) is 11.7. The first-order valence-corrected chi connectivity index (χ1v) is 6.09. The molecule has 2 nitrogen and oxygen atoms in total. The lowest BCUT2D eigenvalue weighted by Crippen LogP contribution is -2.21. The van der Waals surface area contributed by atoms with Crippen LogP contribution in [0.25, 0.3) is 0 Å². The van der Waals surface area contributed by atoms with E-state index in [-0.39, 0.29) is 5.92 Å². The smallest absolute Gasteiger partial charge is 0.314 e. The molecule has 2 aromatic rings. The van der Waals surface area contributed by atoms with Gasteiger partial charge >= 0.3 is 5.97 Å². The predicted molar refractivity (Wildman–Crippen MR) is 69.6 cm³/mol. The molecular formula is C16H14O2. The van der Waals surface area contributed by atoms with Gasteiger partial charge in [0.2, 0.25) is 0 Å². The van der Waals surface area contributed by atoms with E-state index in [0.29, 0.717) is 6.42 Å². The summed E-state index contributed by atoms with van der Waals surface area (Å²) in [5.41, 5.74) is 1.30. The molecule has 1 fully saturated rings. The van der Waals surface area contributed by atoms with Gasteiger partial charge in [0.1, 0.15) is 5.41 Å². The average Bonchev–Trinajstić information content (AvgIpc) is 3.18. The largest absolute Gasteiger partial charge is 0.481 e. The van der Waals surface area contributed by atoms with Gasteiger partial charge in [0, 0.05) is 5.92 Å². The van der Waals surface area contributed by atoms with E-state index >= 15 is 0 Å². The van der Waals surface area contributed by atoms with E-state index in [1.54, 1.807) is 0 Å². The molecule has 0 aromatic heterocycles. The highest BCUT2D eigenvalue weighted by Crippen LogP contribution is 2.60. The number of hydrogen-bond donors (Lipinski definition) is 1. The van der Waals surface area contributed by atoms with Crippen LogP contribution in [0.15, 0.2) is 60.7 Å². The molecule has 0 bridgehead atoms. The van der Waals surface area contributed by atoms with E-state index in [2.05, 4.69) is 0 Å². The number of rotatable bonds is 3. The van der Waals surface area contributed by atoms with Gasteiger partial charge in [-0.2, -0.15) is 0 Å². The number of carboxylic acids is 1. The molecule has 0 unspecified atom stereocenters. The lowest BCUT2D eigenvalue weighted by Gasteiger charge is -2.13. The van der Waals surface area contributed by atoms with Crippen LogP contribution in [-0.4, -0.2) is 11.1 Å². The molecule has 2 atom stereocenters. The number of hydrogen-bond acceptors (Lipinski definition) is 1. The van der Waals surface area contributed by atoms with Gasteiger partial charge in [-0.3, -0.25) is 4.79 Å². The maximum Gasteiger partial charge on any atom is 0.314 e. The van der Waals surface area contributed by atoms with Crippen LogP contribution in [0.1, 0.15) is 23.5 Å². The van der Waals surface area contributed by atoms with Crippen molar-refractivity contribution in [1.29, 1.82) is 0 Å². The topological polar surface area (TPSA) is 37.3 Å². The van der Waals surface area contributed by atoms with E-state index in [0.717, 1.165) is 11.1 Å². The first-order chi connectivity index (χ1) is 8.75. The van der Waals surface area contributed by atoms with Crippen molar-refractivity contribution in [2.45, 2.75) is 17.8 Å². The quantitative estimate of drug-likeness (QED) is 0.891. The van der Waals surface area contributed by atoms with Gasteiger partial charge in [-0.25, -0.2) is 0 Å². The van der Waals surface area contributed by atoms with Crippen LogP contribution in [0.2, 0.25) is 0 Å². The van der Waals surface area contributed by atoms with Crippen molar-refractivity contribution >= 4 is 5.97 Å². The number of carbonyl (C=O) groups is 1. The lowest BCUT2D eigenvalue weighted by atomic mass is 9.91. The van der Waals surface area contributed by atoms with Gasteiger partial charge in [0.05, 0.1) is 0 Å². The molecule has 2 heteroatoms. The average molecular weight is 238 g/mol. The van der Waals surface area contributed by atoms with Gasteiger partial charge in [0.25, 0.3) is 0 Å². The summed E-state index contributed by atoms with van der Waals surface area (Å²) in [6.07, 6.45) is 0.691. The molecule has 1 saturated carbocycles. The Bertz CT molecular complexity index is 562. The third-order valence-corrected chi connectivity index (χ3v) is 3.83. The summed E-state index contributed by atoms with van der Waals surface area (Å²) in [5.74, 6) is -0.624. The van der Waals surface area contributed by atoms with Crippen LogP contribution in [0.5, 0.6) is 0 Å². The van der Waals surface area contributed by atoms with Crippen molar-refractivity contribution in [3.8, 4) is 0 Å². The Hall–Kier alpha value is -2.09. The SMILES string of the molecule is O=C(O)[C@]1(c2ccccc2)C[C@@H]1c1ccccc1. The predicted octanol–water partition coefficient (Wildman–Crippen LogP) is 3.20. The molecule has 18 heavy (non-hydrogen) atoms. The molecule has 0 radical (unpaired) electrons. The highest BCUT2D eigenvalue weighted by molar-refractivity contribution is 5.87. The minimum atomic E-state index is -0.720. The molecule has 1 aliphatic rings. The maximum atomic E-state index is 11.7. The van der Waals surface area contributed by atoms with Crippen molar-refractivity contribution < 1.29 is 9.90 Å². The Morgan fingerprint density at radius 3 is 2.11 bits per heavy atom. The molecule has 1 N–H and O–H groups in total. The lowest BCUT2D eigenvalue weighted by molar-refractivity contribution is -0.140. The zero-order chi connectivity index (χ0) is 12.6. The van der Waals surface area contributed by atoms with Gasteiger partial charge in [0.15, 0.2) is 0 Å². The molecule has 0 amide bonds. The minimum absolute atomic E-state index is 0.0959. The monoisotopic (exact) mass is 238 g/mol. The van der Waals surface area contributed by atoms with E-state index < -0.39 is 11.4 Å². The third kappa shape index (κ3) is 1.53. The Kier molecular flexibility index (Phi) is 2.44. The van der Waals surface area contributed by atoms with Crippen LogP contribution >= 0.6 is 0 Å². The molecule has 0 saturated heterocycles. The molecule has 0 spiro atoms. The van der Waals surface area contributed by atoms with Crippen LogP contribution in [0, 0.1) is 0 Å². The minimum Gasteiger partial charge on any atom is -0.481 e. The number of aliphatic carboxylic acids is 1. The second-order valence-corrected chi connectivity index (χ2v) is 4.81. The summed E-state index contributed by atoms with van der Waals surface area (Å²) >= 11 is 0. The molecule has 2 aromatic carbocycles. The third-order valence-electron chi connectivity index (χ3n) is 3.83. The molecule has 0 heterocycles. The van der Waals surface area contributed by atoms with Crippen LogP contribution < -0.4 is 0 Å². The zero-order valence-corrected chi connectivity index (χ0v) is 9.91. The first kappa shape index (κ1) is 11.0. The van der Waals surface area contributed by atoms with Gasteiger partial charge in [-0.05, 0) is 17.5 Å². The van der Waals surface area contributed by atoms with Gasteiger partial charge < -0.3 is 5.11 Å². The van der Waals surface area contributed by atoms with Crippen molar-refractivity contribution in [3.05, 3.63) is 71.8 Å². The van der Waals surface area contributed by atoms with Crippen molar-refractivity contribution in [2.75, 3.05) is 0 Å². The second kappa shape index (κ2) is 3.98. The second-order valence-electron chi connectivity index (χ2n) is 4.81. The van der Waals surface area contributed by atoms with Crippen molar-refractivity contribution in [3.63, 3.8) is 0 Å².